The third kappa shape index (κ3) is 7.39. The van der Waals surface area contributed by atoms with Gasteiger partial charge in [0.1, 0.15) is 0 Å². The summed E-state index contributed by atoms with van der Waals surface area (Å²) in [4.78, 5) is 0. The minimum Gasteiger partial charge on any atom is -0.411 e. The minimum atomic E-state index is 0.889. The standard InChI is InChI=1S/C4H9NO.CH3NO/c1-3-6-4-2-5-1;1-2-3/h5H,1-4H2;3H,1H2. The monoisotopic (exact) mass is 132 g/mol. The lowest BCUT2D eigenvalue weighted by Gasteiger charge is -2.10. The van der Waals surface area contributed by atoms with Gasteiger partial charge in [-0.2, -0.15) is 0 Å². The summed E-state index contributed by atoms with van der Waals surface area (Å²) in [6.07, 6.45) is 0. The molecule has 0 amide bonds. The van der Waals surface area contributed by atoms with Gasteiger partial charge in [-0.1, -0.05) is 0 Å². The smallest absolute Gasteiger partial charge is 0.0591 e. The van der Waals surface area contributed by atoms with Gasteiger partial charge in [0.05, 0.1) is 13.2 Å². The lowest BCUT2D eigenvalue weighted by Crippen LogP contribution is -2.30. The third-order valence-electron chi connectivity index (χ3n) is 0.846. The fourth-order valence-corrected chi connectivity index (χ4v) is 0.516. The van der Waals surface area contributed by atoms with Gasteiger partial charge in [0.2, 0.25) is 0 Å². The summed E-state index contributed by atoms with van der Waals surface area (Å²) in [7, 11) is 0. The Morgan fingerprint density at radius 1 is 1.44 bits per heavy atom. The Morgan fingerprint density at radius 2 is 1.89 bits per heavy atom. The largest absolute Gasteiger partial charge is 0.411 e. The van der Waals surface area contributed by atoms with Gasteiger partial charge in [-0.05, 0) is 0 Å². The molecule has 0 aromatic heterocycles. The molecule has 9 heavy (non-hydrogen) atoms. The summed E-state index contributed by atoms with van der Waals surface area (Å²) in [6.45, 7) is 6.50. The maximum absolute atomic E-state index is 7.08. The maximum atomic E-state index is 7.08. The van der Waals surface area contributed by atoms with Crippen LogP contribution in [0.1, 0.15) is 0 Å². The Morgan fingerprint density at radius 3 is 2.00 bits per heavy atom. The van der Waals surface area contributed by atoms with E-state index < -0.39 is 0 Å². The van der Waals surface area contributed by atoms with E-state index in [0.29, 0.717) is 0 Å². The predicted molar refractivity (Wildman–Crippen MR) is 35.0 cm³/mol. The molecular formula is C5H12N2O2. The number of oxime groups is 1. The quantitative estimate of drug-likeness (QED) is 0.270. The Hall–Kier alpha value is -0.610. The molecule has 1 fully saturated rings. The van der Waals surface area contributed by atoms with E-state index in [0.717, 1.165) is 26.3 Å². The van der Waals surface area contributed by atoms with Gasteiger partial charge in [0.25, 0.3) is 0 Å². The van der Waals surface area contributed by atoms with E-state index in [1.54, 1.807) is 0 Å². The Balaban J connectivity index is 0.000000187. The molecule has 1 rings (SSSR count). The molecule has 1 aliphatic heterocycles. The summed E-state index contributed by atoms with van der Waals surface area (Å²) in [5, 5.41) is 12.5. The van der Waals surface area contributed by atoms with Crippen molar-refractivity contribution in [2.24, 2.45) is 5.16 Å². The number of hydrogen-bond donors (Lipinski definition) is 2. The van der Waals surface area contributed by atoms with Crippen molar-refractivity contribution in [3.63, 3.8) is 0 Å². The first-order chi connectivity index (χ1) is 4.41. The van der Waals surface area contributed by atoms with Crippen molar-refractivity contribution in [2.45, 2.75) is 0 Å². The van der Waals surface area contributed by atoms with E-state index in [1.807, 2.05) is 0 Å². The van der Waals surface area contributed by atoms with Crippen LogP contribution in [0.2, 0.25) is 0 Å². The highest BCUT2D eigenvalue weighted by Crippen LogP contribution is 1.76. The van der Waals surface area contributed by atoms with Crippen LogP contribution in [0.3, 0.4) is 0 Å². The van der Waals surface area contributed by atoms with Crippen LogP contribution >= 0.6 is 0 Å². The molecule has 2 N–H and O–H groups in total. The number of morpholine rings is 1. The molecular weight excluding hydrogens is 120 g/mol. The lowest BCUT2D eigenvalue weighted by atomic mass is 10.5. The third-order valence-corrected chi connectivity index (χ3v) is 0.846. The Kier molecular flexibility index (Phi) is 6.89. The van der Waals surface area contributed by atoms with Crippen molar-refractivity contribution >= 4 is 6.72 Å². The number of rotatable bonds is 0. The van der Waals surface area contributed by atoms with Gasteiger partial charge < -0.3 is 15.3 Å². The minimum absolute atomic E-state index is 0.889. The molecule has 0 aliphatic carbocycles. The van der Waals surface area contributed by atoms with Gasteiger partial charge in [-0.25, -0.2) is 0 Å². The molecule has 0 atom stereocenters. The van der Waals surface area contributed by atoms with Crippen LogP contribution in [-0.2, 0) is 4.74 Å². The van der Waals surface area contributed by atoms with Crippen LogP contribution in [0, 0.1) is 0 Å². The highest BCUT2D eigenvalue weighted by Gasteiger charge is 1.92. The first-order valence-electron chi connectivity index (χ1n) is 2.80. The average Bonchev–Trinajstić information content (AvgIpc) is 1.93. The number of hydrogen-bond acceptors (Lipinski definition) is 4. The topological polar surface area (TPSA) is 53.8 Å². The average molecular weight is 132 g/mol. The van der Waals surface area contributed by atoms with Gasteiger partial charge >= 0.3 is 0 Å². The van der Waals surface area contributed by atoms with E-state index in [4.69, 9.17) is 9.94 Å². The molecule has 1 heterocycles. The summed E-state index contributed by atoms with van der Waals surface area (Å²) >= 11 is 0. The Labute approximate surface area is 54.5 Å². The van der Waals surface area contributed by atoms with Crippen molar-refractivity contribution in [2.75, 3.05) is 26.3 Å². The highest BCUT2D eigenvalue weighted by molar-refractivity contribution is 5.20. The molecule has 0 aromatic rings. The van der Waals surface area contributed by atoms with Gasteiger partial charge in [-0.3, -0.25) is 0 Å². The fourth-order valence-electron chi connectivity index (χ4n) is 0.516. The highest BCUT2D eigenvalue weighted by atomic mass is 16.5. The summed E-state index contributed by atoms with van der Waals surface area (Å²) in [5.41, 5.74) is 0. The Bertz CT molecular complexity index is 52.5. The van der Waals surface area contributed by atoms with Gasteiger partial charge in [0.15, 0.2) is 0 Å². The zero-order valence-corrected chi connectivity index (χ0v) is 5.34. The van der Waals surface area contributed by atoms with Crippen LogP contribution < -0.4 is 5.32 Å². The maximum Gasteiger partial charge on any atom is 0.0591 e. The van der Waals surface area contributed by atoms with Gasteiger partial charge in [-0.15, -0.1) is 5.16 Å². The van der Waals surface area contributed by atoms with Crippen LogP contribution in [0.25, 0.3) is 0 Å². The fraction of sp³-hybridized carbons (Fsp3) is 0.800. The molecule has 54 valence electrons. The van der Waals surface area contributed by atoms with E-state index in [-0.39, 0.29) is 0 Å². The molecule has 1 aliphatic rings. The normalized spacial score (nSPS) is 17.3. The molecule has 0 saturated carbocycles. The molecule has 4 nitrogen and oxygen atoms in total. The van der Waals surface area contributed by atoms with E-state index in [9.17, 15) is 0 Å². The number of ether oxygens (including phenoxy) is 1. The molecule has 0 radical (unpaired) electrons. The van der Waals surface area contributed by atoms with Crippen molar-refractivity contribution in [3.8, 4) is 0 Å². The van der Waals surface area contributed by atoms with E-state index in [2.05, 4.69) is 17.2 Å². The second-order valence-electron chi connectivity index (χ2n) is 1.50. The first-order valence-corrected chi connectivity index (χ1v) is 2.80. The van der Waals surface area contributed by atoms with Crippen LogP contribution in [-0.4, -0.2) is 38.2 Å². The SMILES string of the molecule is C1COCCN1.C=NO. The zero-order chi connectivity index (χ0) is 6.95. The summed E-state index contributed by atoms with van der Waals surface area (Å²) in [6, 6.07) is 0. The van der Waals surface area contributed by atoms with E-state index >= 15 is 0 Å². The van der Waals surface area contributed by atoms with E-state index in [1.165, 1.54) is 0 Å². The predicted octanol–water partition coefficient (Wildman–Crippen LogP) is -0.318. The van der Waals surface area contributed by atoms with Crippen molar-refractivity contribution in [1.29, 1.82) is 0 Å². The molecule has 0 unspecified atom stereocenters. The summed E-state index contributed by atoms with van der Waals surface area (Å²) in [5.74, 6) is 0. The van der Waals surface area contributed by atoms with Crippen molar-refractivity contribution in [3.05, 3.63) is 0 Å². The van der Waals surface area contributed by atoms with Crippen LogP contribution in [0.4, 0.5) is 0 Å². The molecule has 1 saturated heterocycles. The summed E-state index contributed by atoms with van der Waals surface area (Å²) < 4.78 is 5.01. The molecule has 0 spiro atoms. The second-order valence-corrected chi connectivity index (χ2v) is 1.50. The van der Waals surface area contributed by atoms with Crippen LogP contribution in [0.15, 0.2) is 5.16 Å². The number of nitrogens with zero attached hydrogens (tertiary/aromatic N) is 1. The molecule has 0 aromatic carbocycles. The van der Waals surface area contributed by atoms with Crippen molar-refractivity contribution in [1.82, 2.24) is 5.32 Å². The second kappa shape index (κ2) is 7.39. The first kappa shape index (κ1) is 8.39. The van der Waals surface area contributed by atoms with Gasteiger partial charge in [0, 0.05) is 19.8 Å². The molecule has 4 heteroatoms. The molecule has 0 bridgehead atoms. The lowest BCUT2D eigenvalue weighted by molar-refractivity contribution is 0.109. The number of nitrogens with one attached hydrogen (secondary N) is 1. The van der Waals surface area contributed by atoms with Crippen LogP contribution in [0.5, 0.6) is 0 Å². The zero-order valence-electron chi connectivity index (χ0n) is 5.34. The van der Waals surface area contributed by atoms with Crippen molar-refractivity contribution < 1.29 is 9.94 Å².